The van der Waals surface area contributed by atoms with Gasteiger partial charge in [-0.15, -0.1) is 0 Å². The molecule has 2 rings (SSSR count). The molecule has 0 amide bonds. The van der Waals surface area contributed by atoms with Gasteiger partial charge in [-0.2, -0.15) is 0 Å². The van der Waals surface area contributed by atoms with Crippen LogP contribution in [-0.2, 0) is 0 Å². The van der Waals surface area contributed by atoms with Gasteiger partial charge in [0.05, 0.1) is 0 Å². The zero-order valence-corrected chi connectivity index (χ0v) is 6.28. The van der Waals surface area contributed by atoms with Gasteiger partial charge in [-0.25, -0.2) is 0 Å². The third kappa shape index (κ3) is 0.540. The third-order valence-electron chi connectivity index (χ3n) is 3.17. The Morgan fingerprint density at radius 1 is 1.33 bits per heavy atom. The predicted molar refractivity (Wildman–Crippen MR) is 39.2 cm³/mol. The largest absolute Gasteiger partial charge is 0.0879 e. The fraction of sp³-hybridized carbons (Fsp3) is 0.778. The molecular weight excluding hydrogens is 108 g/mol. The first kappa shape index (κ1) is 5.52. The summed E-state index contributed by atoms with van der Waals surface area (Å²) in [7, 11) is 0. The minimum Gasteiger partial charge on any atom is -0.0879 e. The molecule has 1 spiro atoms. The van der Waals surface area contributed by atoms with Crippen molar-refractivity contribution in [3.8, 4) is 0 Å². The van der Waals surface area contributed by atoms with Crippen LogP contribution in [0.1, 0.15) is 33.1 Å². The summed E-state index contributed by atoms with van der Waals surface area (Å²) in [4.78, 5) is 0. The summed E-state index contributed by atoms with van der Waals surface area (Å²) in [6, 6.07) is 0. The number of allylic oxidation sites excluding steroid dienone is 2. The van der Waals surface area contributed by atoms with E-state index in [1.165, 1.54) is 19.3 Å². The van der Waals surface area contributed by atoms with E-state index in [4.69, 9.17) is 0 Å². The number of hydrogen-bond donors (Lipinski definition) is 0. The lowest BCUT2D eigenvalue weighted by molar-refractivity contribution is 0.459. The molecule has 0 aliphatic heterocycles. The van der Waals surface area contributed by atoms with E-state index < -0.39 is 0 Å². The lowest BCUT2D eigenvalue weighted by Gasteiger charge is -2.08. The van der Waals surface area contributed by atoms with Crippen molar-refractivity contribution in [2.45, 2.75) is 33.1 Å². The summed E-state index contributed by atoms with van der Waals surface area (Å²) in [5.41, 5.74) is 1.30. The molecule has 2 aliphatic carbocycles. The summed E-state index contributed by atoms with van der Waals surface area (Å²) < 4.78 is 0. The molecule has 1 unspecified atom stereocenters. The summed E-state index contributed by atoms with van der Waals surface area (Å²) >= 11 is 0. The lowest BCUT2D eigenvalue weighted by atomic mass is 9.96. The van der Waals surface area contributed by atoms with E-state index in [0.717, 1.165) is 0 Å². The van der Waals surface area contributed by atoms with E-state index >= 15 is 0 Å². The van der Waals surface area contributed by atoms with Gasteiger partial charge < -0.3 is 0 Å². The van der Waals surface area contributed by atoms with Gasteiger partial charge in [0.15, 0.2) is 0 Å². The Bertz CT molecular complexity index is 165. The van der Waals surface area contributed by atoms with Crippen LogP contribution in [0.4, 0.5) is 0 Å². The van der Waals surface area contributed by atoms with Crippen LogP contribution < -0.4 is 0 Å². The van der Waals surface area contributed by atoms with Crippen molar-refractivity contribution >= 4 is 0 Å². The Morgan fingerprint density at radius 3 is 2.22 bits per heavy atom. The molecule has 1 fully saturated rings. The molecule has 2 aliphatic rings. The molecule has 0 N–H and O–H groups in total. The topological polar surface area (TPSA) is 0 Å². The molecule has 0 bridgehead atoms. The molecule has 0 heteroatoms. The van der Waals surface area contributed by atoms with Crippen molar-refractivity contribution in [2.75, 3.05) is 0 Å². The molecule has 50 valence electrons. The Kier molecular flexibility index (Phi) is 0.769. The molecule has 0 aromatic rings. The molecule has 0 aromatic carbocycles. The van der Waals surface area contributed by atoms with Crippen molar-refractivity contribution in [3.63, 3.8) is 0 Å². The van der Waals surface area contributed by atoms with Crippen LogP contribution in [0.3, 0.4) is 0 Å². The van der Waals surface area contributed by atoms with Crippen molar-refractivity contribution in [1.29, 1.82) is 0 Å². The first-order valence-electron chi connectivity index (χ1n) is 3.84. The van der Waals surface area contributed by atoms with Crippen molar-refractivity contribution in [2.24, 2.45) is 10.8 Å². The predicted octanol–water partition coefficient (Wildman–Crippen LogP) is 2.75. The van der Waals surface area contributed by atoms with E-state index in [-0.39, 0.29) is 0 Å². The minimum absolute atomic E-state index is 0.639. The second kappa shape index (κ2) is 1.25. The van der Waals surface area contributed by atoms with Gasteiger partial charge in [-0.1, -0.05) is 26.0 Å². The fourth-order valence-electron chi connectivity index (χ4n) is 2.19. The van der Waals surface area contributed by atoms with Gasteiger partial charge in [0.1, 0.15) is 0 Å². The van der Waals surface area contributed by atoms with Crippen LogP contribution in [0.25, 0.3) is 0 Å². The van der Waals surface area contributed by atoms with Gasteiger partial charge in [-0.3, -0.25) is 0 Å². The molecule has 1 atom stereocenters. The quantitative estimate of drug-likeness (QED) is 0.433. The summed E-state index contributed by atoms with van der Waals surface area (Å²) in [5, 5.41) is 0. The Labute approximate surface area is 57.0 Å². The highest BCUT2D eigenvalue weighted by Crippen LogP contribution is 2.68. The summed E-state index contributed by atoms with van der Waals surface area (Å²) in [6.45, 7) is 4.76. The highest BCUT2D eigenvalue weighted by molar-refractivity contribution is 5.23. The van der Waals surface area contributed by atoms with Gasteiger partial charge in [0.2, 0.25) is 0 Å². The maximum atomic E-state index is 2.44. The lowest BCUT2D eigenvalue weighted by Crippen LogP contribution is -2.00. The average molecular weight is 122 g/mol. The maximum absolute atomic E-state index is 2.44. The van der Waals surface area contributed by atoms with Gasteiger partial charge in [0, 0.05) is 0 Å². The molecule has 0 heterocycles. The fourth-order valence-corrected chi connectivity index (χ4v) is 2.19. The molecule has 0 nitrogen and oxygen atoms in total. The van der Waals surface area contributed by atoms with E-state index in [1.807, 2.05) is 0 Å². The minimum atomic E-state index is 0.639. The molecule has 0 aromatic heterocycles. The van der Waals surface area contributed by atoms with Crippen LogP contribution >= 0.6 is 0 Å². The van der Waals surface area contributed by atoms with Crippen molar-refractivity contribution < 1.29 is 0 Å². The van der Waals surface area contributed by atoms with E-state index in [1.54, 1.807) is 0 Å². The Morgan fingerprint density at radius 2 is 2.00 bits per heavy atom. The molecule has 0 radical (unpaired) electrons. The highest BCUT2D eigenvalue weighted by atomic mass is 14.6. The second-order valence-electron chi connectivity index (χ2n) is 4.16. The monoisotopic (exact) mass is 122 g/mol. The third-order valence-corrected chi connectivity index (χ3v) is 3.17. The SMILES string of the molecule is CC1(C)CC12C=CCC2. The molecule has 0 saturated heterocycles. The van der Waals surface area contributed by atoms with Crippen molar-refractivity contribution in [3.05, 3.63) is 12.2 Å². The summed E-state index contributed by atoms with van der Waals surface area (Å²) in [6.07, 6.45) is 8.95. The van der Waals surface area contributed by atoms with E-state index in [9.17, 15) is 0 Å². The zero-order valence-electron chi connectivity index (χ0n) is 6.28. The first-order valence-corrected chi connectivity index (χ1v) is 3.84. The van der Waals surface area contributed by atoms with E-state index in [2.05, 4.69) is 26.0 Å². The van der Waals surface area contributed by atoms with Gasteiger partial charge in [0.25, 0.3) is 0 Å². The first-order chi connectivity index (χ1) is 4.16. The van der Waals surface area contributed by atoms with E-state index in [0.29, 0.717) is 10.8 Å². The Balaban J connectivity index is 2.23. The summed E-state index contributed by atoms with van der Waals surface area (Å²) in [5.74, 6) is 0. The van der Waals surface area contributed by atoms with Gasteiger partial charge in [-0.05, 0) is 30.1 Å². The van der Waals surface area contributed by atoms with Crippen LogP contribution in [0.15, 0.2) is 12.2 Å². The van der Waals surface area contributed by atoms with Crippen LogP contribution in [0, 0.1) is 10.8 Å². The highest BCUT2D eigenvalue weighted by Gasteiger charge is 2.59. The maximum Gasteiger partial charge on any atom is -0.00585 e. The average Bonchev–Trinajstić information content (AvgIpc) is 2.27. The molecule has 9 heavy (non-hydrogen) atoms. The normalized spacial score (nSPS) is 44.2. The van der Waals surface area contributed by atoms with Crippen LogP contribution in [0.2, 0.25) is 0 Å². The zero-order chi connectivity index (χ0) is 6.54. The number of rotatable bonds is 0. The molecule has 1 saturated carbocycles. The number of hydrogen-bond acceptors (Lipinski definition) is 0. The molecular formula is C9H14. The van der Waals surface area contributed by atoms with Crippen LogP contribution in [0.5, 0.6) is 0 Å². The second-order valence-corrected chi connectivity index (χ2v) is 4.16. The van der Waals surface area contributed by atoms with Gasteiger partial charge >= 0.3 is 0 Å². The standard InChI is InChI=1S/C9H14/c1-8(2)7-9(8)5-3-4-6-9/h3,5H,4,6-7H2,1-2H3. The van der Waals surface area contributed by atoms with Crippen LogP contribution in [-0.4, -0.2) is 0 Å². The smallest absolute Gasteiger partial charge is 0.00585 e. The Hall–Kier alpha value is -0.260. The van der Waals surface area contributed by atoms with Crippen molar-refractivity contribution in [1.82, 2.24) is 0 Å².